The van der Waals surface area contributed by atoms with Crippen LogP contribution in [0.4, 0.5) is 5.69 Å². The van der Waals surface area contributed by atoms with Crippen molar-refractivity contribution in [2.45, 2.75) is 0 Å². The van der Waals surface area contributed by atoms with E-state index in [1.54, 1.807) is 0 Å². The second kappa shape index (κ2) is 7.67. The topological polar surface area (TPSA) is 130 Å². The van der Waals surface area contributed by atoms with Crippen molar-refractivity contribution in [3.05, 3.63) is 81.0 Å². The lowest BCUT2D eigenvalue weighted by atomic mass is 10.1. The van der Waals surface area contributed by atoms with E-state index < -0.39 is 22.4 Å². The number of rotatable bonds is 4. The molecule has 2 aromatic carbocycles. The van der Waals surface area contributed by atoms with E-state index in [0.717, 1.165) is 11.6 Å². The van der Waals surface area contributed by atoms with E-state index in [4.69, 9.17) is 11.6 Å². The van der Waals surface area contributed by atoms with Gasteiger partial charge in [-0.15, -0.1) is 0 Å². The minimum atomic E-state index is -0.852. The molecule has 1 heterocycles. The van der Waals surface area contributed by atoms with Crippen LogP contribution in [0.5, 0.6) is 0 Å². The summed E-state index contributed by atoms with van der Waals surface area (Å²) in [6.07, 6.45) is 0. The number of halogens is 1. The molecule has 3 rings (SSSR count). The van der Waals surface area contributed by atoms with Crippen molar-refractivity contribution in [1.82, 2.24) is 21.0 Å². The number of H-pyrrole nitrogens is 1. The van der Waals surface area contributed by atoms with E-state index in [-0.39, 0.29) is 16.3 Å². The maximum Gasteiger partial charge on any atom is 0.287 e. The second-order valence-corrected chi connectivity index (χ2v) is 5.80. The van der Waals surface area contributed by atoms with Crippen molar-refractivity contribution in [3.8, 4) is 11.3 Å². The first-order valence-corrected chi connectivity index (χ1v) is 7.99. The number of nitro groups is 1. The largest absolute Gasteiger partial charge is 0.287 e. The van der Waals surface area contributed by atoms with Crippen LogP contribution >= 0.6 is 11.6 Å². The summed E-state index contributed by atoms with van der Waals surface area (Å²) in [5.74, 6) is -1.51. The monoisotopic (exact) mass is 385 g/mol. The Morgan fingerprint density at radius 3 is 2.44 bits per heavy atom. The number of aromatic amines is 1. The molecule has 0 radical (unpaired) electrons. The molecule has 0 unspecified atom stereocenters. The first-order chi connectivity index (χ1) is 13.0. The Morgan fingerprint density at radius 2 is 1.74 bits per heavy atom. The number of aromatic nitrogens is 2. The summed E-state index contributed by atoms with van der Waals surface area (Å²) >= 11 is 5.71. The molecule has 0 aliphatic rings. The quantitative estimate of drug-likeness (QED) is 0.469. The van der Waals surface area contributed by atoms with Gasteiger partial charge in [0, 0.05) is 16.7 Å². The molecule has 10 heteroatoms. The first kappa shape index (κ1) is 18.1. The van der Waals surface area contributed by atoms with Crippen LogP contribution in [-0.4, -0.2) is 26.9 Å². The molecular formula is C17H12ClN5O4. The number of nitrogens with one attached hydrogen (secondary N) is 3. The Morgan fingerprint density at radius 1 is 1.04 bits per heavy atom. The molecule has 9 nitrogen and oxygen atoms in total. The minimum absolute atomic E-state index is 0.111. The number of hydrogen-bond acceptors (Lipinski definition) is 5. The van der Waals surface area contributed by atoms with Gasteiger partial charge in [-0.05, 0) is 18.2 Å². The lowest BCUT2D eigenvalue weighted by Gasteiger charge is -2.07. The van der Waals surface area contributed by atoms with Gasteiger partial charge in [0.1, 0.15) is 11.3 Å². The third-order valence-corrected chi connectivity index (χ3v) is 3.82. The summed E-state index contributed by atoms with van der Waals surface area (Å²) in [5, 5.41) is 17.8. The molecule has 27 heavy (non-hydrogen) atoms. The standard InChI is InChI=1S/C17H12ClN5O4/c18-11-6-7-12(15(8-11)23(26)27)16(24)21-22-17(25)14-9-13(19-20-14)10-4-2-1-3-5-10/h1-9H,(H,19,20)(H,21,24)(H,22,25). The van der Waals surface area contributed by atoms with Crippen molar-refractivity contribution >= 4 is 29.1 Å². The summed E-state index contributed by atoms with van der Waals surface area (Å²) in [5.41, 5.74) is 5.08. The molecular weight excluding hydrogens is 374 g/mol. The maximum absolute atomic E-state index is 12.1. The summed E-state index contributed by atoms with van der Waals surface area (Å²) in [4.78, 5) is 34.6. The fraction of sp³-hybridized carbons (Fsp3) is 0. The highest BCUT2D eigenvalue weighted by Crippen LogP contribution is 2.23. The highest BCUT2D eigenvalue weighted by molar-refractivity contribution is 6.31. The molecule has 2 amide bonds. The molecule has 0 saturated carbocycles. The normalized spacial score (nSPS) is 10.3. The molecule has 0 saturated heterocycles. The molecule has 0 fully saturated rings. The smallest absolute Gasteiger partial charge is 0.272 e. The van der Waals surface area contributed by atoms with Gasteiger partial charge in [0.15, 0.2) is 0 Å². The zero-order valence-corrected chi connectivity index (χ0v) is 14.4. The summed E-state index contributed by atoms with van der Waals surface area (Å²) < 4.78 is 0. The van der Waals surface area contributed by atoms with Crippen molar-refractivity contribution in [2.75, 3.05) is 0 Å². The molecule has 0 aliphatic heterocycles. The maximum atomic E-state index is 12.1. The predicted molar refractivity (Wildman–Crippen MR) is 97.1 cm³/mol. The summed E-state index contributed by atoms with van der Waals surface area (Å²) in [6.45, 7) is 0. The number of benzene rings is 2. The fourth-order valence-corrected chi connectivity index (χ4v) is 2.46. The minimum Gasteiger partial charge on any atom is -0.272 e. The Hall–Kier alpha value is -3.72. The Bertz CT molecular complexity index is 1020. The van der Waals surface area contributed by atoms with E-state index in [1.165, 1.54) is 18.2 Å². The van der Waals surface area contributed by atoms with E-state index in [0.29, 0.717) is 5.69 Å². The molecule has 0 atom stereocenters. The number of carbonyl (C=O) groups excluding carboxylic acids is 2. The van der Waals surface area contributed by atoms with E-state index in [9.17, 15) is 19.7 Å². The Kier molecular flexibility index (Phi) is 5.13. The highest BCUT2D eigenvalue weighted by atomic mass is 35.5. The average Bonchev–Trinajstić information content (AvgIpc) is 3.16. The number of hydrogen-bond donors (Lipinski definition) is 3. The molecule has 0 aliphatic carbocycles. The van der Waals surface area contributed by atoms with Crippen LogP contribution in [0.15, 0.2) is 54.6 Å². The van der Waals surface area contributed by atoms with Crippen LogP contribution in [0.2, 0.25) is 5.02 Å². The summed E-state index contributed by atoms with van der Waals surface area (Å²) in [6, 6.07) is 14.3. The highest BCUT2D eigenvalue weighted by Gasteiger charge is 2.21. The van der Waals surface area contributed by atoms with E-state index in [1.807, 2.05) is 30.3 Å². The predicted octanol–water partition coefficient (Wildman–Crippen LogP) is 2.71. The van der Waals surface area contributed by atoms with Gasteiger partial charge in [0.05, 0.1) is 10.6 Å². The fourth-order valence-electron chi connectivity index (χ4n) is 2.29. The zero-order chi connectivity index (χ0) is 19.4. The van der Waals surface area contributed by atoms with Crippen LogP contribution in [0, 0.1) is 10.1 Å². The van der Waals surface area contributed by atoms with Gasteiger partial charge in [-0.2, -0.15) is 5.10 Å². The Labute approximate surface area is 157 Å². The second-order valence-electron chi connectivity index (χ2n) is 5.36. The van der Waals surface area contributed by atoms with Crippen LogP contribution in [0.1, 0.15) is 20.8 Å². The molecule has 0 spiro atoms. The lowest BCUT2D eigenvalue weighted by Crippen LogP contribution is -2.42. The number of nitrogens with zero attached hydrogens (tertiary/aromatic N) is 2. The van der Waals surface area contributed by atoms with Gasteiger partial charge < -0.3 is 0 Å². The number of carbonyl (C=O) groups is 2. The number of amides is 2. The van der Waals surface area contributed by atoms with Gasteiger partial charge in [-0.25, -0.2) is 0 Å². The van der Waals surface area contributed by atoms with Gasteiger partial charge in [-0.3, -0.25) is 35.7 Å². The summed E-state index contributed by atoms with van der Waals surface area (Å²) in [7, 11) is 0. The first-order valence-electron chi connectivity index (χ1n) is 7.61. The van der Waals surface area contributed by atoms with Crippen LogP contribution in [0.25, 0.3) is 11.3 Å². The molecule has 136 valence electrons. The third kappa shape index (κ3) is 4.10. The number of nitro benzene ring substituents is 1. The van der Waals surface area contributed by atoms with Crippen molar-refractivity contribution < 1.29 is 14.5 Å². The van der Waals surface area contributed by atoms with Crippen LogP contribution in [0.3, 0.4) is 0 Å². The lowest BCUT2D eigenvalue weighted by molar-refractivity contribution is -0.385. The zero-order valence-electron chi connectivity index (χ0n) is 13.6. The van der Waals surface area contributed by atoms with Gasteiger partial charge >= 0.3 is 0 Å². The molecule has 3 N–H and O–H groups in total. The van der Waals surface area contributed by atoms with Gasteiger partial charge in [0.25, 0.3) is 17.5 Å². The average molecular weight is 386 g/mol. The number of hydrazine groups is 1. The van der Waals surface area contributed by atoms with Crippen molar-refractivity contribution in [1.29, 1.82) is 0 Å². The van der Waals surface area contributed by atoms with E-state index in [2.05, 4.69) is 21.0 Å². The van der Waals surface area contributed by atoms with Crippen molar-refractivity contribution in [3.63, 3.8) is 0 Å². The van der Waals surface area contributed by atoms with Crippen LogP contribution in [-0.2, 0) is 0 Å². The SMILES string of the molecule is O=C(NNC(=O)c1ccc(Cl)cc1[N+](=O)[O-])c1cc(-c2ccccc2)n[nH]1. The van der Waals surface area contributed by atoms with Gasteiger partial charge in [0.2, 0.25) is 0 Å². The van der Waals surface area contributed by atoms with E-state index >= 15 is 0 Å². The molecule has 0 bridgehead atoms. The Balaban J connectivity index is 1.69. The van der Waals surface area contributed by atoms with Crippen molar-refractivity contribution in [2.24, 2.45) is 0 Å². The van der Waals surface area contributed by atoms with Crippen LogP contribution < -0.4 is 10.9 Å². The third-order valence-electron chi connectivity index (χ3n) is 3.58. The van der Waals surface area contributed by atoms with Gasteiger partial charge in [-0.1, -0.05) is 41.9 Å². The molecule has 1 aromatic heterocycles. The molecule has 3 aromatic rings.